The molecule has 0 radical (unpaired) electrons. The minimum atomic E-state index is -4.36. The molecule has 0 aliphatic rings. The van der Waals surface area contributed by atoms with Crippen molar-refractivity contribution in [1.82, 2.24) is 20.5 Å². The number of rotatable bonds is 12. The van der Waals surface area contributed by atoms with Gasteiger partial charge in [0.05, 0.1) is 5.56 Å². The van der Waals surface area contributed by atoms with Crippen molar-refractivity contribution in [2.24, 2.45) is 4.99 Å². The van der Waals surface area contributed by atoms with Crippen LogP contribution in [0.15, 0.2) is 23.3 Å². The Labute approximate surface area is 187 Å². The van der Waals surface area contributed by atoms with Gasteiger partial charge in [-0.05, 0) is 32.0 Å². The highest BCUT2D eigenvalue weighted by Crippen LogP contribution is 2.28. The Hall–Kier alpha value is -1.34. The van der Waals surface area contributed by atoms with Crippen LogP contribution in [0, 0.1) is 0 Å². The van der Waals surface area contributed by atoms with E-state index in [0.29, 0.717) is 18.9 Å². The number of aliphatic imine (C=N–C) groups is 1. The molecule has 0 aliphatic heterocycles. The standard InChI is InChI=1S/C18H31F3N6O.HI/c1-22-17(25-10-12-27(2)11-5-13-28-3)24-9-4-8-23-16-7-6-15(14-26-16)18(19,20)21;/h6-7,14H,4-5,8-13H2,1-3H3,(H,23,26)(H2,22,24,25);1H. The summed E-state index contributed by atoms with van der Waals surface area (Å²) < 4.78 is 42.5. The Bertz CT molecular complexity index is 572. The lowest BCUT2D eigenvalue weighted by atomic mass is 10.3. The predicted octanol–water partition coefficient (Wildman–Crippen LogP) is 2.65. The number of alkyl halides is 3. The van der Waals surface area contributed by atoms with Crippen molar-refractivity contribution >= 4 is 35.8 Å². The third kappa shape index (κ3) is 12.7. The van der Waals surface area contributed by atoms with Crippen LogP contribution in [0.5, 0.6) is 0 Å². The Morgan fingerprint density at radius 3 is 2.45 bits per heavy atom. The van der Waals surface area contributed by atoms with Gasteiger partial charge in [-0.1, -0.05) is 0 Å². The van der Waals surface area contributed by atoms with Crippen LogP contribution >= 0.6 is 24.0 Å². The molecular formula is C18H32F3IN6O. The number of methoxy groups -OCH3 is 1. The zero-order chi connectivity index (χ0) is 20.8. The molecule has 0 amide bonds. The van der Waals surface area contributed by atoms with Crippen LogP contribution in [0.3, 0.4) is 0 Å². The van der Waals surface area contributed by atoms with Crippen molar-refractivity contribution in [3.63, 3.8) is 0 Å². The highest BCUT2D eigenvalue weighted by molar-refractivity contribution is 14.0. The van der Waals surface area contributed by atoms with E-state index in [1.165, 1.54) is 6.07 Å². The summed E-state index contributed by atoms with van der Waals surface area (Å²) in [4.78, 5) is 10.2. The summed E-state index contributed by atoms with van der Waals surface area (Å²) in [6.45, 7) is 4.67. The summed E-state index contributed by atoms with van der Waals surface area (Å²) in [5, 5.41) is 9.45. The summed E-state index contributed by atoms with van der Waals surface area (Å²) >= 11 is 0. The molecule has 11 heteroatoms. The van der Waals surface area contributed by atoms with E-state index in [1.807, 2.05) is 0 Å². The first-order chi connectivity index (χ1) is 13.4. The second kappa shape index (κ2) is 15.5. The lowest BCUT2D eigenvalue weighted by Gasteiger charge is -2.18. The van der Waals surface area contributed by atoms with E-state index in [1.54, 1.807) is 14.2 Å². The highest BCUT2D eigenvalue weighted by Gasteiger charge is 2.30. The molecule has 1 aromatic heterocycles. The Balaban J connectivity index is 0.00000784. The van der Waals surface area contributed by atoms with Gasteiger partial charge in [-0.15, -0.1) is 24.0 Å². The Morgan fingerprint density at radius 1 is 1.14 bits per heavy atom. The maximum atomic E-state index is 12.5. The molecule has 0 bridgehead atoms. The first-order valence-electron chi connectivity index (χ1n) is 9.26. The van der Waals surface area contributed by atoms with Crippen molar-refractivity contribution < 1.29 is 17.9 Å². The van der Waals surface area contributed by atoms with Gasteiger partial charge in [0.25, 0.3) is 0 Å². The number of pyridine rings is 1. The van der Waals surface area contributed by atoms with E-state index in [0.717, 1.165) is 57.3 Å². The van der Waals surface area contributed by atoms with Crippen LogP contribution in [0.2, 0.25) is 0 Å². The molecule has 0 fully saturated rings. The van der Waals surface area contributed by atoms with Crippen LogP contribution in [-0.2, 0) is 10.9 Å². The number of guanidine groups is 1. The molecular weight excluding hydrogens is 500 g/mol. The maximum Gasteiger partial charge on any atom is 0.417 e. The molecule has 1 rings (SSSR count). The smallest absolute Gasteiger partial charge is 0.385 e. The number of nitrogens with one attached hydrogen (secondary N) is 3. The molecule has 1 aromatic rings. The Morgan fingerprint density at radius 2 is 1.86 bits per heavy atom. The summed E-state index contributed by atoms with van der Waals surface area (Å²) in [5.74, 6) is 1.14. The fraction of sp³-hybridized carbons (Fsp3) is 0.667. The minimum Gasteiger partial charge on any atom is -0.385 e. The van der Waals surface area contributed by atoms with Crippen LogP contribution in [0.1, 0.15) is 18.4 Å². The summed E-state index contributed by atoms with van der Waals surface area (Å²) in [7, 11) is 5.48. The molecule has 168 valence electrons. The average molecular weight is 532 g/mol. The second-order valence-electron chi connectivity index (χ2n) is 6.29. The number of hydrogen-bond acceptors (Lipinski definition) is 5. The predicted molar refractivity (Wildman–Crippen MR) is 121 cm³/mol. The lowest BCUT2D eigenvalue weighted by Crippen LogP contribution is -2.41. The van der Waals surface area contributed by atoms with E-state index >= 15 is 0 Å². The number of likely N-dealkylation sites (N-methyl/N-ethyl adjacent to an activating group) is 1. The summed E-state index contributed by atoms with van der Waals surface area (Å²) in [6.07, 6.45) is -1.77. The molecule has 7 nitrogen and oxygen atoms in total. The van der Waals surface area contributed by atoms with Gasteiger partial charge in [0.1, 0.15) is 5.82 Å². The number of aromatic nitrogens is 1. The van der Waals surface area contributed by atoms with Crippen LogP contribution < -0.4 is 16.0 Å². The van der Waals surface area contributed by atoms with Crippen LogP contribution in [0.4, 0.5) is 19.0 Å². The minimum absolute atomic E-state index is 0. The topological polar surface area (TPSA) is 73.8 Å². The molecule has 0 spiro atoms. The van der Waals surface area contributed by atoms with Crippen molar-refractivity contribution in [2.45, 2.75) is 19.0 Å². The van der Waals surface area contributed by atoms with E-state index in [2.05, 4.69) is 37.9 Å². The molecule has 0 saturated heterocycles. The normalized spacial score (nSPS) is 11.9. The number of ether oxygens (including phenoxy) is 1. The van der Waals surface area contributed by atoms with E-state index in [9.17, 15) is 13.2 Å². The molecule has 0 aliphatic carbocycles. The van der Waals surface area contributed by atoms with Crippen molar-refractivity contribution in [3.05, 3.63) is 23.9 Å². The first kappa shape index (κ1) is 27.7. The fourth-order valence-electron chi connectivity index (χ4n) is 2.35. The van der Waals surface area contributed by atoms with Gasteiger partial charge in [-0.3, -0.25) is 4.99 Å². The Kier molecular flexibility index (Phi) is 14.8. The van der Waals surface area contributed by atoms with Crippen molar-refractivity contribution in [1.29, 1.82) is 0 Å². The molecule has 0 aromatic carbocycles. The highest BCUT2D eigenvalue weighted by atomic mass is 127. The third-order valence-electron chi connectivity index (χ3n) is 3.94. The molecule has 0 unspecified atom stereocenters. The number of anilines is 1. The molecule has 0 saturated carbocycles. The van der Waals surface area contributed by atoms with E-state index in [4.69, 9.17) is 4.74 Å². The molecule has 3 N–H and O–H groups in total. The van der Waals surface area contributed by atoms with Crippen molar-refractivity contribution in [3.8, 4) is 0 Å². The monoisotopic (exact) mass is 532 g/mol. The summed E-state index contributed by atoms with van der Waals surface area (Å²) in [5.41, 5.74) is -0.751. The summed E-state index contributed by atoms with van der Waals surface area (Å²) in [6, 6.07) is 2.35. The zero-order valence-electron chi connectivity index (χ0n) is 17.2. The lowest BCUT2D eigenvalue weighted by molar-refractivity contribution is -0.137. The van der Waals surface area contributed by atoms with Crippen LogP contribution in [0.25, 0.3) is 0 Å². The van der Waals surface area contributed by atoms with Crippen molar-refractivity contribution in [2.75, 3.05) is 65.9 Å². The van der Waals surface area contributed by atoms with E-state index in [-0.39, 0.29) is 24.0 Å². The van der Waals surface area contributed by atoms with E-state index < -0.39 is 11.7 Å². The third-order valence-corrected chi connectivity index (χ3v) is 3.94. The zero-order valence-corrected chi connectivity index (χ0v) is 19.5. The average Bonchev–Trinajstić information content (AvgIpc) is 2.66. The first-order valence-corrected chi connectivity index (χ1v) is 9.26. The van der Waals surface area contributed by atoms with Gasteiger partial charge in [-0.2, -0.15) is 13.2 Å². The molecule has 1 heterocycles. The second-order valence-corrected chi connectivity index (χ2v) is 6.29. The maximum absolute atomic E-state index is 12.5. The van der Waals surface area contributed by atoms with Gasteiger partial charge < -0.3 is 25.6 Å². The van der Waals surface area contributed by atoms with Gasteiger partial charge in [0, 0.05) is 59.7 Å². The molecule has 29 heavy (non-hydrogen) atoms. The SMILES string of the molecule is CN=C(NCCCNc1ccc(C(F)(F)F)cn1)NCCN(C)CCCOC.I. The number of halogens is 4. The number of hydrogen-bond donors (Lipinski definition) is 3. The molecule has 0 atom stereocenters. The van der Waals surface area contributed by atoms with Gasteiger partial charge >= 0.3 is 6.18 Å². The van der Waals surface area contributed by atoms with Gasteiger partial charge in [0.2, 0.25) is 0 Å². The number of nitrogens with zero attached hydrogens (tertiary/aromatic N) is 3. The van der Waals surface area contributed by atoms with Crippen LogP contribution in [-0.4, -0.2) is 76.4 Å². The van der Waals surface area contributed by atoms with Gasteiger partial charge in [0.15, 0.2) is 5.96 Å². The van der Waals surface area contributed by atoms with Gasteiger partial charge in [-0.25, -0.2) is 4.98 Å². The quantitative estimate of drug-likeness (QED) is 0.167. The largest absolute Gasteiger partial charge is 0.417 e. The fourth-order valence-corrected chi connectivity index (χ4v) is 2.35.